The van der Waals surface area contributed by atoms with Gasteiger partial charge in [-0.25, -0.2) is 17.2 Å². The van der Waals surface area contributed by atoms with Gasteiger partial charge in [-0.1, -0.05) is 0 Å². The smallest absolute Gasteiger partial charge is 0.262 e. The summed E-state index contributed by atoms with van der Waals surface area (Å²) in [6, 6.07) is 7.46. The number of ether oxygens (including phenoxy) is 2. The minimum absolute atomic E-state index is 0.0631. The highest BCUT2D eigenvalue weighted by molar-refractivity contribution is 7.89. The molecule has 0 aliphatic carbocycles. The van der Waals surface area contributed by atoms with E-state index in [0.717, 1.165) is 38.1 Å². The standard InChI is InChI=1S/C22H25F2N3O5S/c23-16-3-6-21(18(24)13-16)32-15-22(28)25-19-14-17(4-5-20(19)26-7-1-2-8-26)33(29,30)27-9-11-31-12-10-27/h3-6,13-14H,1-2,7-12,15H2,(H,25,28). The number of carbonyl (C=O) groups excluding carboxylic acids is 1. The molecule has 0 spiro atoms. The van der Waals surface area contributed by atoms with Gasteiger partial charge in [-0.2, -0.15) is 4.31 Å². The molecule has 2 aliphatic rings. The number of carbonyl (C=O) groups is 1. The Labute approximate surface area is 191 Å². The number of hydrogen-bond acceptors (Lipinski definition) is 6. The summed E-state index contributed by atoms with van der Waals surface area (Å²) in [4.78, 5) is 14.7. The Bertz CT molecular complexity index is 1120. The maximum Gasteiger partial charge on any atom is 0.262 e. The van der Waals surface area contributed by atoms with Crippen LogP contribution in [0.3, 0.4) is 0 Å². The lowest BCUT2D eigenvalue weighted by Gasteiger charge is -2.27. The predicted octanol–water partition coefficient (Wildman–Crippen LogP) is 2.60. The Morgan fingerprint density at radius 3 is 2.45 bits per heavy atom. The molecule has 8 nitrogen and oxygen atoms in total. The van der Waals surface area contributed by atoms with E-state index in [2.05, 4.69) is 10.2 Å². The molecule has 2 aliphatic heterocycles. The first kappa shape index (κ1) is 23.4. The second-order valence-corrected chi connectivity index (χ2v) is 9.74. The lowest BCUT2D eigenvalue weighted by atomic mass is 10.2. The van der Waals surface area contributed by atoms with Gasteiger partial charge in [0.05, 0.1) is 29.5 Å². The molecule has 0 bridgehead atoms. The van der Waals surface area contributed by atoms with E-state index in [9.17, 15) is 22.0 Å². The van der Waals surface area contributed by atoms with Crippen LogP contribution in [-0.2, 0) is 19.6 Å². The highest BCUT2D eigenvalue weighted by Gasteiger charge is 2.28. The third kappa shape index (κ3) is 5.43. The molecule has 1 N–H and O–H groups in total. The fraction of sp³-hybridized carbons (Fsp3) is 0.409. The molecular formula is C22H25F2N3O5S. The second-order valence-electron chi connectivity index (χ2n) is 7.80. The fourth-order valence-electron chi connectivity index (χ4n) is 3.87. The number of rotatable bonds is 7. The number of hydrogen-bond donors (Lipinski definition) is 1. The van der Waals surface area contributed by atoms with Crippen molar-refractivity contribution in [3.63, 3.8) is 0 Å². The molecule has 0 aromatic heterocycles. The average molecular weight is 482 g/mol. The van der Waals surface area contributed by atoms with E-state index in [0.29, 0.717) is 30.7 Å². The SMILES string of the molecule is O=C(COc1ccc(F)cc1F)Nc1cc(S(=O)(=O)N2CCOCC2)ccc1N1CCCC1. The molecule has 0 radical (unpaired) electrons. The molecule has 2 aromatic rings. The third-order valence-corrected chi connectivity index (χ3v) is 7.44. The maximum atomic E-state index is 13.8. The first-order valence-corrected chi connectivity index (χ1v) is 12.1. The highest BCUT2D eigenvalue weighted by Crippen LogP contribution is 2.32. The van der Waals surface area contributed by atoms with Crippen molar-refractivity contribution < 1.29 is 31.5 Å². The van der Waals surface area contributed by atoms with Gasteiger partial charge in [0.15, 0.2) is 18.2 Å². The largest absolute Gasteiger partial charge is 0.481 e. The van der Waals surface area contributed by atoms with Crippen LogP contribution >= 0.6 is 0 Å². The number of halogens is 2. The van der Waals surface area contributed by atoms with Crippen molar-refractivity contribution in [2.75, 3.05) is 56.2 Å². The number of sulfonamides is 1. The van der Waals surface area contributed by atoms with Crippen LogP contribution in [0.15, 0.2) is 41.3 Å². The van der Waals surface area contributed by atoms with Crippen LogP contribution in [0.5, 0.6) is 5.75 Å². The summed E-state index contributed by atoms with van der Waals surface area (Å²) in [5.41, 5.74) is 1.04. The number of nitrogens with zero attached hydrogens (tertiary/aromatic N) is 2. The van der Waals surface area contributed by atoms with Crippen molar-refractivity contribution in [3.8, 4) is 5.75 Å². The van der Waals surface area contributed by atoms with Gasteiger partial charge in [0.2, 0.25) is 10.0 Å². The second kappa shape index (κ2) is 10.0. The van der Waals surface area contributed by atoms with Gasteiger partial charge in [0.1, 0.15) is 5.82 Å². The van der Waals surface area contributed by atoms with Gasteiger partial charge in [-0.3, -0.25) is 4.79 Å². The molecule has 2 aromatic carbocycles. The minimum atomic E-state index is -3.76. The van der Waals surface area contributed by atoms with E-state index in [4.69, 9.17) is 9.47 Å². The summed E-state index contributed by atoms with van der Waals surface area (Å²) in [6.45, 7) is 2.22. The summed E-state index contributed by atoms with van der Waals surface area (Å²) in [7, 11) is -3.76. The number of morpholine rings is 1. The van der Waals surface area contributed by atoms with Gasteiger partial charge in [-0.15, -0.1) is 0 Å². The number of benzene rings is 2. The van der Waals surface area contributed by atoms with Crippen molar-refractivity contribution in [2.45, 2.75) is 17.7 Å². The van der Waals surface area contributed by atoms with Crippen LogP contribution in [0.25, 0.3) is 0 Å². The molecule has 1 amide bonds. The van der Waals surface area contributed by atoms with Crippen molar-refractivity contribution in [1.29, 1.82) is 0 Å². The molecule has 0 atom stereocenters. The monoisotopic (exact) mass is 481 g/mol. The molecular weight excluding hydrogens is 456 g/mol. The van der Waals surface area contributed by atoms with Crippen molar-refractivity contribution >= 4 is 27.3 Å². The maximum absolute atomic E-state index is 13.8. The lowest BCUT2D eigenvalue weighted by Crippen LogP contribution is -2.40. The summed E-state index contributed by atoms with van der Waals surface area (Å²) in [5.74, 6) is -2.52. The summed E-state index contributed by atoms with van der Waals surface area (Å²) in [6.07, 6.45) is 1.99. The zero-order valence-corrected chi connectivity index (χ0v) is 18.7. The van der Waals surface area contributed by atoms with Crippen LogP contribution in [0.2, 0.25) is 0 Å². The molecule has 2 saturated heterocycles. The Kier molecular flexibility index (Phi) is 7.11. The summed E-state index contributed by atoms with van der Waals surface area (Å²) in [5, 5.41) is 2.69. The molecule has 11 heteroatoms. The van der Waals surface area contributed by atoms with E-state index in [1.165, 1.54) is 10.4 Å². The molecule has 178 valence electrons. The molecule has 0 unspecified atom stereocenters. The Hall–Kier alpha value is -2.76. The van der Waals surface area contributed by atoms with E-state index in [1.54, 1.807) is 12.1 Å². The Morgan fingerprint density at radius 1 is 1.03 bits per heavy atom. The van der Waals surface area contributed by atoms with Crippen LogP contribution < -0.4 is 15.0 Å². The van der Waals surface area contributed by atoms with Gasteiger partial charge < -0.3 is 19.7 Å². The molecule has 2 heterocycles. The Morgan fingerprint density at radius 2 is 1.76 bits per heavy atom. The minimum Gasteiger partial charge on any atom is -0.481 e. The third-order valence-electron chi connectivity index (χ3n) is 5.55. The fourth-order valence-corrected chi connectivity index (χ4v) is 5.30. The molecule has 4 rings (SSSR count). The van der Waals surface area contributed by atoms with Crippen LogP contribution in [-0.4, -0.2) is 64.6 Å². The number of nitrogens with one attached hydrogen (secondary N) is 1. The molecule has 33 heavy (non-hydrogen) atoms. The zero-order valence-electron chi connectivity index (χ0n) is 17.9. The number of anilines is 2. The normalized spacial score (nSPS) is 17.2. The summed E-state index contributed by atoms with van der Waals surface area (Å²) < 4.78 is 64.8. The van der Waals surface area contributed by atoms with Crippen LogP contribution in [0.1, 0.15) is 12.8 Å². The lowest BCUT2D eigenvalue weighted by molar-refractivity contribution is -0.118. The van der Waals surface area contributed by atoms with Gasteiger partial charge in [-0.05, 0) is 43.2 Å². The first-order valence-electron chi connectivity index (χ1n) is 10.7. The van der Waals surface area contributed by atoms with E-state index in [-0.39, 0.29) is 23.7 Å². The van der Waals surface area contributed by atoms with Crippen molar-refractivity contribution in [3.05, 3.63) is 48.0 Å². The van der Waals surface area contributed by atoms with E-state index < -0.39 is 34.2 Å². The topological polar surface area (TPSA) is 88.2 Å². The summed E-state index contributed by atoms with van der Waals surface area (Å²) >= 11 is 0. The van der Waals surface area contributed by atoms with Gasteiger partial charge in [0.25, 0.3) is 5.91 Å². The van der Waals surface area contributed by atoms with Crippen molar-refractivity contribution in [1.82, 2.24) is 4.31 Å². The van der Waals surface area contributed by atoms with Crippen molar-refractivity contribution in [2.24, 2.45) is 0 Å². The van der Waals surface area contributed by atoms with Gasteiger partial charge in [0, 0.05) is 32.2 Å². The average Bonchev–Trinajstić information content (AvgIpc) is 3.34. The highest BCUT2D eigenvalue weighted by atomic mass is 32.2. The first-order chi connectivity index (χ1) is 15.8. The molecule has 2 fully saturated rings. The van der Waals surface area contributed by atoms with Crippen LogP contribution in [0, 0.1) is 11.6 Å². The zero-order chi connectivity index (χ0) is 23.4. The Balaban J connectivity index is 1.55. The van der Waals surface area contributed by atoms with Gasteiger partial charge >= 0.3 is 0 Å². The predicted molar refractivity (Wildman–Crippen MR) is 118 cm³/mol. The van der Waals surface area contributed by atoms with Crippen LogP contribution in [0.4, 0.5) is 20.2 Å². The molecule has 0 saturated carbocycles. The quantitative estimate of drug-likeness (QED) is 0.654. The van der Waals surface area contributed by atoms with E-state index in [1.807, 2.05) is 0 Å². The number of amides is 1. The van der Waals surface area contributed by atoms with E-state index >= 15 is 0 Å².